The Balaban J connectivity index is 1.36. The van der Waals surface area contributed by atoms with Crippen LogP contribution in [0.15, 0.2) is 158 Å². The van der Waals surface area contributed by atoms with Crippen LogP contribution in [0.1, 0.15) is 0 Å². The Kier molecular flexibility index (Phi) is 4.75. The second-order valence-electron chi connectivity index (χ2n) is 11.8. The molecule has 0 aliphatic heterocycles. The van der Waals surface area contributed by atoms with Crippen molar-refractivity contribution in [3.63, 3.8) is 0 Å². The van der Waals surface area contributed by atoms with Crippen LogP contribution < -0.4 is 4.90 Å². The zero-order chi connectivity index (χ0) is 28.8. The summed E-state index contributed by atoms with van der Waals surface area (Å²) < 4.78 is 2.50. The monoisotopic (exact) mass is 558 g/mol. The highest BCUT2D eigenvalue weighted by molar-refractivity contribution is 6.29. The van der Waals surface area contributed by atoms with Crippen LogP contribution in [0.5, 0.6) is 0 Å². The Morgan fingerprint density at radius 1 is 0.341 bits per heavy atom. The van der Waals surface area contributed by atoms with Gasteiger partial charge in [0.25, 0.3) is 0 Å². The maximum Gasteiger partial charge on any atom is 0.0621 e. The van der Waals surface area contributed by atoms with E-state index in [4.69, 9.17) is 0 Å². The minimum absolute atomic E-state index is 1.14. The van der Waals surface area contributed by atoms with E-state index in [0.717, 1.165) is 11.4 Å². The molecule has 0 unspecified atom stereocenters. The molecule has 0 bridgehead atoms. The zero-order valence-electron chi connectivity index (χ0n) is 23.9. The summed E-state index contributed by atoms with van der Waals surface area (Å²) in [5.41, 5.74) is 7.29. The van der Waals surface area contributed by atoms with Crippen molar-refractivity contribution in [3.8, 4) is 0 Å². The average molecular weight is 559 g/mol. The first-order valence-corrected chi connectivity index (χ1v) is 15.2. The topological polar surface area (TPSA) is 7.65 Å². The molecule has 0 N–H and O–H groups in total. The molecule has 2 aromatic heterocycles. The van der Waals surface area contributed by atoms with Crippen LogP contribution in [0.25, 0.3) is 70.4 Å². The molecule has 0 saturated carbocycles. The number of fused-ring (bicyclic) bond motifs is 10. The van der Waals surface area contributed by atoms with E-state index >= 15 is 0 Å². The molecule has 0 radical (unpaired) electrons. The van der Waals surface area contributed by atoms with Gasteiger partial charge in [0, 0.05) is 43.7 Å². The first-order valence-electron chi connectivity index (χ1n) is 15.2. The highest BCUT2D eigenvalue weighted by Crippen LogP contribution is 2.47. The van der Waals surface area contributed by atoms with E-state index in [1.165, 1.54) is 76.1 Å². The summed E-state index contributed by atoms with van der Waals surface area (Å²) in [5.74, 6) is 0. The van der Waals surface area contributed by atoms with Gasteiger partial charge in [-0.15, -0.1) is 0 Å². The molecule has 0 aliphatic carbocycles. The number of para-hydroxylation sites is 2. The van der Waals surface area contributed by atoms with Gasteiger partial charge in [0.05, 0.1) is 22.2 Å². The van der Waals surface area contributed by atoms with Crippen molar-refractivity contribution in [1.29, 1.82) is 0 Å². The molecule has 0 amide bonds. The standard InChI is InChI=1S/C42H26N2/c1-3-12-29-24-31(22-20-27(29)10-1)43(32-23-21-28-11-2-4-13-30(28)25-32)40-26-38-37-18-9-17-36-33-14-7-8-19-39(33)44(41(36)37)42(38)35-16-6-5-15-34(35)40/h1-26H. The number of hydrogen-bond donors (Lipinski definition) is 0. The van der Waals surface area contributed by atoms with Crippen molar-refractivity contribution in [2.24, 2.45) is 0 Å². The first kappa shape index (κ1) is 23.7. The molecule has 0 saturated heterocycles. The van der Waals surface area contributed by atoms with Gasteiger partial charge in [-0.2, -0.15) is 0 Å². The Labute approximate surface area is 253 Å². The van der Waals surface area contributed by atoms with Crippen LogP contribution in [-0.2, 0) is 0 Å². The lowest BCUT2D eigenvalue weighted by atomic mass is 10.00. The third-order valence-electron chi connectivity index (χ3n) is 9.43. The fourth-order valence-electron chi connectivity index (χ4n) is 7.50. The molecule has 2 heterocycles. The number of nitrogens with zero attached hydrogens (tertiary/aromatic N) is 2. The van der Waals surface area contributed by atoms with Crippen LogP contribution in [-0.4, -0.2) is 4.40 Å². The summed E-state index contributed by atoms with van der Waals surface area (Å²) in [6, 6.07) is 57.8. The summed E-state index contributed by atoms with van der Waals surface area (Å²) in [5, 5.41) is 12.6. The summed E-state index contributed by atoms with van der Waals surface area (Å²) in [7, 11) is 0. The molecule has 2 heteroatoms. The zero-order valence-corrected chi connectivity index (χ0v) is 23.9. The summed E-state index contributed by atoms with van der Waals surface area (Å²) in [6.07, 6.45) is 0. The van der Waals surface area contributed by atoms with Gasteiger partial charge in [-0.25, -0.2) is 0 Å². The average Bonchev–Trinajstić information content (AvgIpc) is 3.61. The normalized spacial score (nSPS) is 12.1. The number of aromatic nitrogens is 1. The minimum atomic E-state index is 1.14. The van der Waals surface area contributed by atoms with E-state index in [0.29, 0.717) is 0 Å². The molecule has 10 rings (SSSR count). The Morgan fingerprint density at radius 3 is 1.50 bits per heavy atom. The second-order valence-corrected chi connectivity index (χ2v) is 11.8. The molecule has 44 heavy (non-hydrogen) atoms. The lowest BCUT2D eigenvalue weighted by molar-refractivity contribution is 1.31. The van der Waals surface area contributed by atoms with Crippen LogP contribution in [0.3, 0.4) is 0 Å². The van der Waals surface area contributed by atoms with Crippen molar-refractivity contribution in [2.45, 2.75) is 0 Å². The van der Waals surface area contributed by atoms with Gasteiger partial charge < -0.3 is 9.30 Å². The molecule has 0 spiro atoms. The highest BCUT2D eigenvalue weighted by Gasteiger charge is 2.23. The molecule has 8 aromatic carbocycles. The number of hydrogen-bond acceptors (Lipinski definition) is 1. The third kappa shape index (κ3) is 3.20. The van der Waals surface area contributed by atoms with E-state index in [2.05, 4.69) is 167 Å². The van der Waals surface area contributed by atoms with Gasteiger partial charge >= 0.3 is 0 Å². The fraction of sp³-hybridized carbons (Fsp3) is 0. The third-order valence-corrected chi connectivity index (χ3v) is 9.43. The Hall–Kier alpha value is -5.86. The van der Waals surface area contributed by atoms with Crippen molar-refractivity contribution in [2.75, 3.05) is 4.90 Å². The van der Waals surface area contributed by atoms with Crippen LogP contribution in [0.4, 0.5) is 17.1 Å². The van der Waals surface area contributed by atoms with E-state index in [1.807, 2.05) is 0 Å². The van der Waals surface area contributed by atoms with Crippen molar-refractivity contribution in [1.82, 2.24) is 4.40 Å². The lowest BCUT2D eigenvalue weighted by Crippen LogP contribution is -2.10. The van der Waals surface area contributed by atoms with Crippen molar-refractivity contribution in [3.05, 3.63) is 158 Å². The predicted octanol–water partition coefficient (Wildman–Crippen LogP) is 11.8. The molecule has 10 aromatic rings. The summed E-state index contributed by atoms with van der Waals surface area (Å²) in [4.78, 5) is 2.45. The molecule has 204 valence electrons. The fourth-order valence-corrected chi connectivity index (χ4v) is 7.50. The minimum Gasteiger partial charge on any atom is -0.310 e. The summed E-state index contributed by atoms with van der Waals surface area (Å²) in [6.45, 7) is 0. The van der Waals surface area contributed by atoms with E-state index in [1.54, 1.807) is 0 Å². The molecule has 0 fully saturated rings. The van der Waals surface area contributed by atoms with E-state index in [9.17, 15) is 0 Å². The van der Waals surface area contributed by atoms with Crippen molar-refractivity contribution < 1.29 is 0 Å². The SMILES string of the molecule is c1ccc2cc(N(c3ccc4ccccc4c3)c3cc4c5cccc6c7ccccc7n(c4c4ccccc34)c65)ccc2c1. The Morgan fingerprint density at radius 2 is 0.818 bits per heavy atom. The van der Waals surface area contributed by atoms with Gasteiger partial charge in [0.1, 0.15) is 0 Å². The van der Waals surface area contributed by atoms with Gasteiger partial charge in [0.15, 0.2) is 0 Å². The largest absolute Gasteiger partial charge is 0.310 e. The molecule has 2 nitrogen and oxygen atoms in total. The molecule has 0 aliphatic rings. The highest BCUT2D eigenvalue weighted by atomic mass is 15.1. The van der Waals surface area contributed by atoms with Gasteiger partial charge in [-0.3, -0.25) is 0 Å². The van der Waals surface area contributed by atoms with Gasteiger partial charge in [-0.1, -0.05) is 121 Å². The quantitative estimate of drug-likeness (QED) is 0.209. The van der Waals surface area contributed by atoms with Crippen LogP contribution >= 0.6 is 0 Å². The van der Waals surface area contributed by atoms with E-state index in [-0.39, 0.29) is 0 Å². The summed E-state index contributed by atoms with van der Waals surface area (Å²) >= 11 is 0. The van der Waals surface area contributed by atoms with Crippen LogP contribution in [0, 0.1) is 0 Å². The van der Waals surface area contributed by atoms with Gasteiger partial charge in [-0.05, 0) is 57.9 Å². The van der Waals surface area contributed by atoms with E-state index < -0.39 is 0 Å². The smallest absolute Gasteiger partial charge is 0.0621 e. The first-order chi connectivity index (χ1) is 21.8. The number of anilines is 3. The second kappa shape index (κ2) is 8.82. The predicted molar refractivity (Wildman–Crippen MR) is 188 cm³/mol. The maximum absolute atomic E-state index is 2.50. The van der Waals surface area contributed by atoms with Gasteiger partial charge in [0.2, 0.25) is 0 Å². The lowest BCUT2D eigenvalue weighted by Gasteiger charge is -2.28. The maximum atomic E-state index is 2.50. The van der Waals surface area contributed by atoms with Crippen LogP contribution in [0.2, 0.25) is 0 Å². The Bertz CT molecular complexity index is 2650. The molecule has 0 atom stereocenters. The van der Waals surface area contributed by atoms with Crippen molar-refractivity contribution >= 4 is 87.5 Å². The number of rotatable bonds is 3. The molecular formula is C42H26N2. The number of benzene rings is 8. The molecular weight excluding hydrogens is 532 g/mol.